The van der Waals surface area contributed by atoms with Crippen LogP contribution in [0.3, 0.4) is 0 Å². The summed E-state index contributed by atoms with van der Waals surface area (Å²) in [6.07, 6.45) is 7.47. The number of nitrogens with zero attached hydrogens (tertiary/aromatic N) is 2. The van der Waals surface area contributed by atoms with Crippen LogP contribution in [0.1, 0.15) is 18.2 Å². The Labute approximate surface area is 89.0 Å². The fourth-order valence-electron chi connectivity index (χ4n) is 1.49. The first-order valence-corrected chi connectivity index (χ1v) is 4.86. The Kier molecular flexibility index (Phi) is 2.59. The van der Waals surface area contributed by atoms with Crippen molar-refractivity contribution in [2.24, 2.45) is 0 Å². The Bertz CT molecular complexity index is 527. The number of fused-ring (bicyclic) bond motifs is 1. The maximum Gasteiger partial charge on any atom is 0.0959 e. The quantitative estimate of drug-likeness (QED) is 0.736. The van der Waals surface area contributed by atoms with Gasteiger partial charge in [-0.2, -0.15) is 0 Å². The van der Waals surface area contributed by atoms with Gasteiger partial charge < -0.3 is 0 Å². The Hall–Kier alpha value is -1.96. The van der Waals surface area contributed by atoms with Crippen molar-refractivity contribution in [3.63, 3.8) is 0 Å². The summed E-state index contributed by atoms with van der Waals surface area (Å²) in [5.41, 5.74) is 3.74. The molecule has 0 aliphatic carbocycles. The molecule has 0 amide bonds. The highest BCUT2D eigenvalue weighted by molar-refractivity contribution is 5.84. The minimum atomic E-state index is 0.806. The number of rotatable bonds is 2. The fourth-order valence-corrected chi connectivity index (χ4v) is 1.49. The number of aromatic nitrogens is 2. The molecule has 0 N–H and O–H groups in total. The van der Waals surface area contributed by atoms with Gasteiger partial charge >= 0.3 is 0 Å². The van der Waals surface area contributed by atoms with E-state index in [2.05, 4.69) is 16.5 Å². The van der Waals surface area contributed by atoms with E-state index in [-0.39, 0.29) is 0 Å². The lowest BCUT2D eigenvalue weighted by atomic mass is 10.1. The summed E-state index contributed by atoms with van der Waals surface area (Å²) >= 11 is 0. The van der Waals surface area contributed by atoms with Crippen LogP contribution < -0.4 is 0 Å². The average molecular weight is 196 g/mol. The minimum absolute atomic E-state index is 0.806. The second-order valence-corrected chi connectivity index (χ2v) is 3.21. The standard InChI is InChI=1S/C13H12N2/c1-3-6-10-7-5-8-12-13(10)14-9-11(4-2)15-12/h3-9H,2H2,1H3/b6-3+. The van der Waals surface area contributed by atoms with Crippen LogP contribution in [-0.4, -0.2) is 9.97 Å². The Morgan fingerprint density at radius 1 is 1.33 bits per heavy atom. The summed E-state index contributed by atoms with van der Waals surface area (Å²) < 4.78 is 0. The summed E-state index contributed by atoms with van der Waals surface area (Å²) in [5.74, 6) is 0. The molecule has 2 aromatic rings. The van der Waals surface area contributed by atoms with Crippen LogP contribution >= 0.6 is 0 Å². The third-order valence-corrected chi connectivity index (χ3v) is 2.18. The van der Waals surface area contributed by atoms with Gasteiger partial charge in [0.05, 0.1) is 22.9 Å². The molecule has 0 atom stereocenters. The first kappa shape index (κ1) is 9.59. The molecular formula is C13H12N2. The summed E-state index contributed by atoms with van der Waals surface area (Å²) in [6.45, 7) is 5.67. The zero-order chi connectivity index (χ0) is 10.7. The molecule has 0 bridgehead atoms. The van der Waals surface area contributed by atoms with Crippen molar-refractivity contribution in [3.8, 4) is 0 Å². The molecule has 1 aromatic heterocycles. The monoisotopic (exact) mass is 196 g/mol. The number of hydrogen-bond donors (Lipinski definition) is 0. The molecule has 2 rings (SSSR count). The van der Waals surface area contributed by atoms with Gasteiger partial charge in [0.25, 0.3) is 0 Å². The molecule has 0 saturated heterocycles. The molecule has 0 aliphatic rings. The molecule has 2 heteroatoms. The lowest BCUT2D eigenvalue weighted by Crippen LogP contribution is -1.89. The van der Waals surface area contributed by atoms with Crippen LogP contribution in [0.2, 0.25) is 0 Å². The largest absolute Gasteiger partial charge is 0.252 e. The summed E-state index contributed by atoms with van der Waals surface area (Å²) in [6, 6.07) is 5.98. The number of allylic oxidation sites excluding steroid dienone is 1. The molecule has 74 valence electrons. The topological polar surface area (TPSA) is 25.8 Å². The maximum atomic E-state index is 4.42. The lowest BCUT2D eigenvalue weighted by Gasteiger charge is -2.01. The number of hydrogen-bond acceptors (Lipinski definition) is 2. The smallest absolute Gasteiger partial charge is 0.0959 e. The molecule has 0 fully saturated rings. The van der Waals surface area contributed by atoms with Gasteiger partial charge in [-0.3, -0.25) is 4.98 Å². The van der Waals surface area contributed by atoms with Crippen LogP contribution in [0, 0.1) is 0 Å². The average Bonchev–Trinajstić information content (AvgIpc) is 2.29. The summed E-state index contributed by atoms with van der Waals surface area (Å²) in [5, 5.41) is 0. The third-order valence-electron chi connectivity index (χ3n) is 2.18. The van der Waals surface area contributed by atoms with Crippen molar-refractivity contribution in [3.05, 3.63) is 48.3 Å². The SMILES string of the molecule is C=Cc1cnc2c(/C=C/C)cccc2n1. The van der Waals surface area contributed by atoms with E-state index in [4.69, 9.17) is 0 Å². The maximum absolute atomic E-state index is 4.42. The minimum Gasteiger partial charge on any atom is -0.252 e. The van der Waals surface area contributed by atoms with Gasteiger partial charge in [0.2, 0.25) is 0 Å². The van der Waals surface area contributed by atoms with Gasteiger partial charge in [0.1, 0.15) is 0 Å². The first-order valence-electron chi connectivity index (χ1n) is 4.86. The van der Waals surface area contributed by atoms with Crippen molar-refractivity contribution in [1.29, 1.82) is 0 Å². The van der Waals surface area contributed by atoms with Gasteiger partial charge in [0, 0.05) is 5.56 Å². The molecule has 15 heavy (non-hydrogen) atoms. The van der Waals surface area contributed by atoms with Crippen LogP contribution in [0.25, 0.3) is 23.2 Å². The van der Waals surface area contributed by atoms with E-state index in [1.54, 1.807) is 12.3 Å². The second-order valence-electron chi connectivity index (χ2n) is 3.21. The predicted molar refractivity (Wildman–Crippen MR) is 64.3 cm³/mol. The molecule has 0 spiro atoms. The summed E-state index contributed by atoms with van der Waals surface area (Å²) in [4.78, 5) is 8.81. The van der Waals surface area contributed by atoms with E-state index in [9.17, 15) is 0 Å². The first-order chi connectivity index (χ1) is 7.35. The van der Waals surface area contributed by atoms with Gasteiger partial charge in [-0.1, -0.05) is 30.9 Å². The van der Waals surface area contributed by atoms with Crippen LogP contribution in [0.4, 0.5) is 0 Å². The highest BCUT2D eigenvalue weighted by atomic mass is 14.8. The van der Waals surface area contributed by atoms with Crippen molar-refractivity contribution in [2.75, 3.05) is 0 Å². The number of para-hydroxylation sites is 1. The Morgan fingerprint density at radius 3 is 2.93 bits per heavy atom. The molecule has 0 radical (unpaired) electrons. The second kappa shape index (κ2) is 4.05. The van der Waals surface area contributed by atoms with Gasteiger partial charge in [-0.05, 0) is 19.1 Å². The van der Waals surface area contributed by atoms with Crippen molar-refractivity contribution in [1.82, 2.24) is 9.97 Å². The lowest BCUT2D eigenvalue weighted by molar-refractivity contribution is 1.26. The van der Waals surface area contributed by atoms with Crippen molar-refractivity contribution < 1.29 is 0 Å². The molecule has 1 aromatic carbocycles. The molecule has 0 saturated carbocycles. The highest BCUT2D eigenvalue weighted by Gasteiger charge is 2.00. The van der Waals surface area contributed by atoms with E-state index in [0.717, 1.165) is 22.3 Å². The molecule has 1 heterocycles. The summed E-state index contributed by atoms with van der Waals surface area (Å²) in [7, 11) is 0. The molecule has 0 aliphatic heterocycles. The molecule has 2 nitrogen and oxygen atoms in total. The zero-order valence-electron chi connectivity index (χ0n) is 8.64. The third kappa shape index (κ3) is 1.79. The molecule has 0 unspecified atom stereocenters. The van der Waals surface area contributed by atoms with E-state index in [1.165, 1.54) is 0 Å². The highest BCUT2D eigenvalue weighted by Crippen LogP contribution is 2.16. The van der Waals surface area contributed by atoms with Crippen LogP contribution in [0.15, 0.2) is 37.1 Å². The van der Waals surface area contributed by atoms with Crippen LogP contribution in [0.5, 0.6) is 0 Å². The number of benzene rings is 1. The van der Waals surface area contributed by atoms with Gasteiger partial charge in [-0.25, -0.2) is 4.98 Å². The Balaban J connectivity index is 2.71. The van der Waals surface area contributed by atoms with Gasteiger partial charge in [0.15, 0.2) is 0 Å². The van der Waals surface area contributed by atoms with E-state index < -0.39 is 0 Å². The van der Waals surface area contributed by atoms with E-state index in [0.29, 0.717) is 0 Å². The predicted octanol–water partition coefficient (Wildman–Crippen LogP) is 3.31. The van der Waals surface area contributed by atoms with Crippen molar-refractivity contribution >= 4 is 23.2 Å². The zero-order valence-corrected chi connectivity index (χ0v) is 8.64. The normalized spacial score (nSPS) is 11.0. The van der Waals surface area contributed by atoms with E-state index in [1.807, 2.05) is 37.3 Å². The van der Waals surface area contributed by atoms with Crippen LogP contribution in [-0.2, 0) is 0 Å². The fraction of sp³-hybridized carbons (Fsp3) is 0.0769. The molecular weight excluding hydrogens is 184 g/mol. The van der Waals surface area contributed by atoms with E-state index >= 15 is 0 Å². The van der Waals surface area contributed by atoms with Crippen molar-refractivity contribution in [2.45, 2.75) is 6.92 Å². The Morgan fingerprint density at radius 2 is 2.20 bits per heavy atom. The van der Waals surface area contributed by atoms with Gasteiger partial charge in [-0.15, -0.1) is 0 Å².